The lowest BCUT2D eigenvalue weighted by Crippen LogP contribution is -2.41. The second-order valence-corrected chi connectivity index (χ2v) is 9.96. The Labute approximate surface area is 189 Å². The molecule has 7 heteroatoms. The largest absolute Gasteiger partial charge is 0.354 e. The third-order valence-corrected chi connectivity index (χ3v) is 7.63. The van der Waals surface area contributed by atoms with Crippen molar-refractivity contribution in [2.24, 2.45) is 5.92 Å². The minimum atomic E-state index is -3.54. The molecule has 0 saturated carbocycles. The molecule has 0 aliphatic carbocycles. The van der Waals surface area contributed by atoms with E-state index in [9.17, 15) is 13.2 Å². The molecule has 32 heavy (non-hydrogen) atoms. The molecule has 0 radical (unpaired) electrons. The zero-order valence-corrected chi connectivity index (χ0v) is 18.8. The van der Waals surface area contributed by atoms with Crippen LogP contribution < -0.4 is 10.6 Å². The van der Waals surface area contributed by atoms with Crippen LogP contribution in [0.3, 0.4) is 0 Å². The van der Waals surface area contributed by atoms with Gasteiger partial charge in [0.15, 0.2) is 0 Å². The van der Waals surface area contributed by atoms with Gasteiger partial charge in [0.2, 0.25) is 15.9 Å². The SMILES string of the molecule is Cc1ccc(S(=O)(=O)N2CCC(C(=O)Nc3ccccc3Nc3ccccc3)CC2)cc1. The van der Waals surface area contributed by atoms with E-state index < -0.39 is 10.0 Å². The van der Waals surface area contributed by atoms with E-state index in [1.807, 2.05) is 61.5 Å². The van der Waals surface area contributed by atoms with Crippen LogP contribution in [0.4, 0.5) is 17.1 Å². The molecule has 0 atom stereocenters. The van der Waals surface area contributed by atoms with E-state index in [-0.39, 0.29) is 11.8 Å². The fourth-order valence-electron chi connectivity index (χ4n) is 3.83. The Balaban J connectivity index is 1.39. The first-order chi connectivity index (χ1) is 15.4. The maximum atomic E-state index is 12.9. The molecule has 0 aromatic heterocycles. The number of hydrogen-bond acceptors (Lipinski definition) is 4. The second kappa shape index (κ2) is 9.54. The Morgan fingerprint density at radius 1 is 0.844 bits per heavy atom. The van der Waals surface area contributed by atoms with Gasteiger partial charge in [-0.05, 0) is 56.2 Å². The Morgan fingerprint density at radius 2 is 1.44 bits per heavy atom. The van der Waals surface area contributed by atoms with Crippen LogP contribution in [0.5, 0.6) is 0 Å². The first kappa shape index (κ1) is 22.0. The number of piperidine rings is 1. The lowest BCUT2D eigenvalue weighted by Gasteiger charge is -2.30. The van der Waals surface area contributed by atoms with Gasteiger partial charge < -0.3 is 10.6 Å². The second-order valence-electron chi connectivity index (χ2n) is 8.02. The molecular formula is C25H27N3O3S. The fraction of sp³-hybridized carbons (Fsp3) is 0.240. The van der Waals surface area contributed by atoms with E-state index in [1.165, 1.54) is 4.31 Å². The van der Waals surface area contributed by atoms with Gasteiger partial charge in [0.25, 0.3) is 0 Å². The summed E-state index contributed by atoms with van der Waals surface area (Å²) in [6.07, 6.45) is 0.983. The minimum absolute atomic E-state index is 0.0836. The number of benzene rings is 3. The number of hydrogen-bond donors (Lipinski definition) is 2. The third-order valence-electron chi connectivity index (χ3n) is 5.72. The van der Waals surface area contributed by atoms with E-state index in [1.54, 1.807) is 24.3 Å². The van der Waals surface area contributed by atoms with Crippen molar-refractivity contribution in [3.63, 3.8) is 0 Å². The molecule has 1 aliphatic heterocycles. The summed E-state index contributed by atoms with van der Waals surface area (Å²) in [6, 6.07) is 24.2. The molecule has 1 fully saturated rings. The minimum Gasteiger partial charge on any atom is -0.354 e. The smallest absolute Gasteiger partial charge is 0.243 e. The first-order valence-electron chi connectivity index (χ1n) is 10.7. The standard InChI is InChI=1S/C25H27N3O3S/c1-19-11-13-22(14-12-19)32(30,31)28-17-15-20(16-18-28)25(29)27-24-10-6-5-9-23(24)26-21-7-3-2-4-8-21/h2-14,20,26H,15-18H2,1H3,(H,27,29). The maximum absolute atomic E-state index is 12.9. The third kappa shape index (κ3) is 5.00. The number of nitrogens with one attached hydrogen (secondary N) is 2. The summed E-state index contributed by atoms with van der Waals surface area (Å²) in [5.74, 6) is -0.316. The van der Waals surface area contributed by atoms with Gasteiger partial charge in [-0.1, -0.05) is 48.0 Å². The molecular weight excluding hydrogens is 422 g/mol. The van der Waals surface area contributed by atoms with E-state index in [2.05, 4.69) is 10.6 Å². The highest BCUT2D eigenvalue weighted by Gasteiger charge is 2.32. The molecule has 1 heterocycles. The number of rotatable bonds is 6. The van der Waals surface area contributed by atoms with Gasteiger partial charge in [-0.2, -0.15) is 4.31 Å². The van der Waals surface area contributed by atoms with Crippen LogP contribution in [0.25, 0.3) is 0 Å². The summed E-state index contributed by atoms with van der Waals surface area (Å²) in [5.41, 5.74) is 3.47. The van der Waals surface area contributed by atoms with Crippen molar-refractivity contribution in [1.82, 2.24) is 4.31 Å². The summed E-state index contributed by atoms with van der Waals surface area (Å²) in [4.78, 5) is 13.2. The van der Waals surface area contributed by atoms with Gasteiger partial charge in [-0.15, -0.1) is 0 Å². The van der Waals surface area contributed by atoms with Gasteiger partial charge in [-0.25, -0.2) is 8.42 Å². The highest BCUT2D eigenvalue weighted by molar-refractivity contribution is 7.89. The first-order valence-corrected chi connectivity index (χ1v) is 12.2. The van der Waals surface area contributed by atoms with Crippen molar-refractivity contribution in [2.75, 3.05) is 23.7 Å². The monoisotopic (exact) mass is 449 g/mol. The molecule has 3 aromatic carbocycles. The van der Waals surface area contributed by atoms with Crippen LogP contribution in [0.15, 0.2) is 83.8 Å². The maximum Gasteiger partial charge on any atom is 0.243 e. The van der Waals surface area contributed by atoms with Gasteiger partial charge in [-0.3, -0.25) is 4.79 Å². The zero-order valence-electron chi connectivity index (χ0n) is 18.0. The molecule has 0 bridgehead atoms. The quantitative estimate of drug-likeness (QED) is 0.568. The number of para-hydroxylation sites is 3. The van der Waals surface area contributed by atoms with Crippen LogP contribution in [0.1, 0.15) is 18.4 Å². The van der Waals surface area contributed by atoms with Gasteiger partial charge in [0, 0.05) is 24.7 Å². The van der Waals surface area contributed by atoms with E-state index >= 15 is 0 Å². The van der Waals surface area contributed by atoms with E-state index in [0.717, 1.165) is 16.9 Å². The molecule has 1 amide bonds. The van der Waals surface area contributed by atoms with Crippen molar-refractivity contribution in [1.29, 1.82) is 0 Å². The number of aryl methyl sites for hydroxylation is 1. The Hall–Kier alpha value is -3.16. The van der Waals surface area contributed by atoms with E-state index in [0.29, 0.717) is 36.5 Å². The number of anilines is 3. The van der Waals surface area contributed by atoms with Crippen LogP contribution >= 0.6 is 0 Å². The number of sulfonamides is 1. The van der Waals surface area contributed by atoms with E-state index in [4.69, 9.17) is 0 Å². The number of nitrogens with zero attached hydrogens (tertiary/aromatic N) is 1. The summed E-state index contributed by atoms with van der Waals surface area (Å²) < 4.78 is 27.3. The van der Waals surface area contributed by atoms with Gasteiger partial charge >= 0.3 is 0 Å². The predicted octanol–water partition coefficient (Wildman–Crippen LogP) is 4.78. The number of amides is 1. The van der Waals surface area contributed by atoms with Crippen molar-refractivity contribution in [3.05, 3.63) is 84.4 Å². The molecule has 1 aliphatic rings. The van der Waals surface area contributed by atoms with Crippen LogP contribution in [0.2, 0.25) is 0 Å². The van der Waals surface area contributed by atoms with Crippen molar-refractivity contribution in [2.45, 2.75) is 24.7 Å². The topological polar surface area (TPSA) is 78.5 Å². The Kier molecular flexibility index (Phi) is 6.58. The Morgan fingerprint density at radius 3 is 2.09 bits per heavy atom. The summed E-state index contributed by atoms with van der Waals surface area (Å²) in [5, 5.41) is 6.35. The summed E-state index contributed by atoms with van der Waals surface area (Å²) >= 11 is 0. The highest BCUT2D eigenvalue weighted by atomic mass is 32.2. The average Bonchev–Trinajstić information content (AvgIpc) is 2.81. The Bertz CT molecular complexity index is 1170. The molecule has 0 spiro atoms. The molecule has 166 valence electrons. The molecule has 4 rings (SSSR count). The summed E-state index contributed by atoms with van der Waals surface area (Å²) in [6.45, 7) is 2.59. The fourth-order valence-corrected chi connectivity index (χ4v) is 5.30. The van der Waals surface area contributed by atoms with Crippen molar-refractivity contribution < 1.29 is 13.2 Å². The van der Waals surface area contributed by atoms with Crippen molar-refractivity contribution in [3.8, 4) is 0 Å². The molecule has 2 N–H and O–H groups in total. The normalized spacial score (nSPS) is 15.3. The molecule has 1 saturated heterocycles. The molecule has 0 unspecified atom stereocenters. The molecule has 6 nitrogen and oxygen atoms in total. The predicted molar refractivity (Wildman–Crippen MR) is 127 cm³/mol. The average molecular weight is 450 g/mol. The van der Waals surface area contributed by atoms with Crippen LogP contribution in [-0.2, 0) is 14.8 Å². The van der Waals surface area contributed by atoms with Crippen LogP contribution in [0, 0.1) is 12.8 Å². The number of carbonyl (C=O) groups excluding carboxylic acids is 1. The van der Waals surface area contributed by atoms with Crippen LogP contribution in [-0.4, -0.2) is 31.7 Å². The zero-order chi connectivity index (χ0) is 22.6. The van der Waals surface area contributed by atoms with Gasteiger partial charge in [0.1, 0.15) is 0 Å². The van der Waals surface area contributed by atoms with Crippen molar-refractivity contribution >= 4 is 33.0 Å². The van der Waals surface area contributed by atoms with Gasteiger partial charge in [0.05, 0.1) is 16.3 Å². The lowest BCUT2D eigenvalue weighted by molar-refractivity contribution is -0.120. The lowest BCUT2D eigenvalue weighted by atomic mass is 9.97. The highest BCUT2D eigenvalue weighted by Crippen LogP contribution is 2.28. The molecule has 3 aromatic rings. The summed E-state index contributed by atoms with van der Waals surface area (Å²) in [7, 11) is -3.54. The number of carbonyl (C=O) groups is 1.